The maximum atomic E-state index is 13.2. The summed E-state index contributed by atoms with van der Waals surface area (Å²) < 4.78 is 10.7. The SMILES string of the molecule is COc1cc(C)c(N[C@H]2CCCCN(C(=O)c3ccc(Cl)cc3)C2=O)cc1OC. The van der Waals surface area contributed by atoms with Crippen LogP contribution in [0, 0.1) is 6.92 Å². The number of hydrogen-bond acceptors (Lipinski definition) is 5. The molecule has 0 aromatic heterocycles. The van der Waals surface area contributed by atoms with E-state index in [0.29, 0.717) is 35.1 Å². The average molecular weight is 417 g/mol. The molecule has 154 valence electrons. The molecule has 1 heterocycles. The van der Waals surface area contributed by atoms with Crippen LogP contribution in [0.25, 0.3) is 0 Å². The molecule has 2 aromatic rings. The molecular weight excluding hydrogens is 392 g/mol. The molecule has 2 amide bonds. The maximum absolute atomic E-state index is 13.2. The van der Waals surface area contributed by atoms with Crippen LogP contribution in [0.2, 0.25) is 5.02 Å². The third-order valence-corrected chi connectivity index (χ3v) is 5.34. The number of carbonyl (C=O) groups is 2. The smallest absolute Gasteiger partial charge is 0.260 e. The number of rotatable bonds is 5. The van der Waals surface area contributed by atoms with E-state index in [1.165, 1.54) is 4.90 Å². The van der Waals surface area contributed by atoms with Gasteiger partial charge in [0.2, 0.25) is 0 Å². The Morgan fingerprint density at radius 1 is 1.10 bits per heavy atom. The summed E-state index contributed by atoms with van der Waals surface area (Å²) in [5, 5.41) is 3.86. The van der Waals surface area contributed by atoms with Crippen molar-refractivity contribution in [3.63, 3.8) is 0 Å². The van der Waals surface area contributed by atoms with Gasteiger partial charge in [-0.2, -0.15) is 0 Å². The van der Waals surface area contributed by atoms with Crippen molar-refractivity contribution in [1.82, 2.24) is 4.90 Å². The van der Waals surface area contributed by atoms with Crippen molar-refractivity contribution in [2.24, 2.45) is 0 Å². The molecule has 1 fully saturated rings. The summed E-state index contributed by atoms with van der Waals surface area (Å²) in [4.78, 5) is 27.4. The van der Waals surface area contributed by atoms with E-state index in [2.05, 4.69) is 5.32 Å². The minimum absolute atomic E-state index is 0.225. The summed E-state index contributed by atoms with van der Waals surface area (Å²) in [5.41, 5.74) is 2.16. The molecule has 7 heteroatoms. The van der Waals surface area contributed by atoms with Gasteiger partial charge in [0.15, 0.2) is 11.5 Å². The zero-order valence-corrected chi connectivity index (χ0v) is 17.6. The average Bonchev–Trinajstić information content (AvgIpc) is 2.90. The first-order valence-electron chi connectivity index (χ1n) is 9.55. The van der Waals surface area contributed by atoms with Gasteiger partial charge < -0.3 is 14.8 Å². The lowest BCUT2D eigenvalue weighted by molar-refractivity contribution is -0.128. The number of ether oxygens (including phenoxy) is 2. The lowest BCUT2D eigenvalue weighted by Gasteiger charge is -2.25. The number of nitrogens with zero attached hydrogens (tertiary/aromatic N) is 1. The van der Waals surface area contributed by atoms with Gasteiger partial charge in [0.1, 0.15) is 6.04 Å². The number of likely N-dealkylation sites (tertiary alicyclic amines) is 1. The van der Waals surface area contributed by atoms with E-state index >= 15 is 0 Å². The monoisotopic (exact) mass is 416 g/mol. The molecule has 3 rings (SSSR count). The molecule has 1 aliphatic rings. The van der Waals surface area contributed by atoms with Gasteiger partial charge in [-0.25, -0.2) is 0 Å². The van der Waals surface area contributed by atoms with E-state index in [1.807, 2.05) is 19.1 Å². The van der Waals surface area contributed by atoms with Crippen LogP contribution in [-0.2, 0) is 4.79 Å². The fourth-order valence-electron chi connectivity index (χ4n) is 3.45. The van der Waals surface area contributed by atoms with Gasteiger partial charge in [0.05, 0.1) is 14.2 Å². The first-order valence-corrected chi connectivity index (χ1v) is 9.93. The highest BCUT2D eigenvalue weighted by molar-refractivity contribution is 6.30. The number of carbonyl (C=O) groups excluding carboxylic acids is 2. The number of aryl methyl sites for hydroxylation is 1. The predicted molar refractivity (Wildman–Crippen MR) is 113 cm³/mol. The second kappa shape index (κ2) is 9.18. The zero-order chi connectivity index (χ0) is 21.0. The number of hydrogen-bond donors (Lipinski definition) is 1. The fourth-order valence-corrected chi connectivity index (χ4v) is 3.57. The normalized spacial score (nSPS) is 16.9. The molecule has 0 aliphatic carbocycles. The summed E-state index contributed by atoms with van der Waals surface area (Å²) in [6, 6.07) is 9.77. The highest BCUT2D eigenvalue weighted by atomic mass is 35.5. The van der Waals surface area contributed by atoms with E-state index in [-0.39, 0.29) is 11.8 Å². The van der Waals surface area contributed by atoms with Crippen molar-refractivity contribution >= 4 is 29.1 Å². The summed E-state index contributed by atoms with van der Waals surface area (Å²) >= 11 is 5.91. The summed E-state index contributed by atoms with van der Waals surface area (Å²) in [6.07, 6.45) is 2.27. The van der Waals surface area contributed by atoms with Crippen LogP contribution in [0.1, 0.15) is 35.2 Å². The number of benzene rings is 2. The Morgan fingerprint density at radius 2 is 1.76 bits per heavy atom. The molecule has 6 nitrogen and oxygen atoms in total. The Balaban J connectivity index is 1.83. The summed E-state index contributed by atoms with van der Waals surface area (Å²) in [7, 11) is 3.15. The predicted octanol–water partition coefficient (Wildman–Crippen LogP) is 4.30. The van der Waals surface area contributed by atoms with Crippen LogP contribution < -0.4 is 14.8 Å². The van der Waals surface area contributed by atoms with Gasteiger partial charge >= 0.3 is 0 Å². The lowest BCUT2D eigenvalue weighted by atomic mass is 10.1. The van der Waals surface area contributed by atoms with E-state index in [1.54, 1.807) is 38.5 Å². The van der Waals surface area contributed by atoms with Crippen LogP contribution >= 0.6 is 11.6 Å². The molecule has 0 unspecified atom stereocenters. The second-order valence-electron chi connectivity index (χ2n) is 7.02. The maximum Gasteiger partial charge on any atom is 0.260 e. The number of anilines is 1. The number of amides is 2. The number of methoxy groups -OCH3 is 2. The first kappa shape index (κ1) is 21.0. The van der Waals surface area contributed by atoms with E-state index in [4.69, 9.17) is 21.1 Å². The molecule has 0 saturated carbocycles. The summed E-state index contributed by atoms with van der Waals surface area (Å²) in [6.45, 7) is 2.34. The lowest BCUT2D eigenvalue weighted by Crippen LogP contribution is -2.45. The van der Waals surface area contributed by atoms with Crippen molar-refractivity contribution in [3.05, 3.63) is 52.5 Å². The molecule has 29 heavy (non-hydrogen) atoms. The molecule has 0 bridgehead atoms. The van der Waals surface area contributed by atoms with Gasteiger partial charge in [0.25, 0.3) is 11.8 Å². The molecule has 2 aromatic carbocycles. The number of halogens is 1. The summed E-state index contributed by atoms with van der Waals surface area (Å²) in [5.74, 6) is 0.680. The zero-order valence-electron chi connectivity index (χ0n) is 16.8. The second-order valence-corrected chi connectivity index (χ2v) is 7.45. The van der Waals surface area contributed by atoms with Crippen LogP contribution in [0.5, 0.6) is 11.5 Å². The Bertz CT molecular complexity index is 898. The van der Waals surface area contributed by atoms with Gasteiger partial charge in [-0.15, -0.1) is 0 Å². The van der Waals surface area contributed by atoms with E-state index in [0.717, 1.165) is 24.1 Å². The Hall–Kier alpha value is -2.73. The van der Waals surface area contributed by atoms with E-state index in [9.17, 15) is 9.59 Å². The Kier molecular flexibility index (Phi) is 6.64. The van der Waals surface area contributed by atoms with Crippen LogP contribution in [0.3, 0.4) is 0 Å². The third-order valence-electron chi connectivity index (χ3n) is 5.09. The highest BCUT2D eigenvalue weighted by Crippen LogP contribution is 2.33. The van der Waals surface area contributed by atoms with Crippen molar-refractivity contribution < 1.29 is 19.1 Å². The highest BCUT2D eigenvalue weighted by Gasteiger charge is 2.32. The molecular formula is C22H25ClN2O4. The van der Waals surface area contributed by atoms with Gasteiger partial charge in [0, 0.05) is 28.9 Å². The molecule has 1 saturated heterocycles. The standard InChI is InChI=1S/C22H25ClN2O4/c1-14-12-19(28-2)20(29-3)13-18(14)24-17-6-4-5-11-25(22(17)27)21(26)15-7-9-16(23)10-8-15/h7-10,12-13,17,24H,4-6,11H2,1-3H3/t17-/m0/s1. The Morgan fingerprint density at radius 3 is 2.41 bits per heavy atom. The quantitative estimate of drug-likeness (QED) is 0.736. The molecule has 0 radical (unpaired) electrons. The minimum Gasteiger partial charge on any atom is -0.493 e. The van der Waals surface area contributed by atoms with Crippen LogP contribution in [-0.4, -0.2) is 43.5 Å². The van der Waals surface area contributed by atoms with E-state index < -0.39 is 6.04 Å². The van der Waals surface area contributed by atoms with Crippen molar-refractivity contribution in [1.29, 1.82) is 0 Å². The number of imide groups is 1. The largest absolute Gasteiger partial charge is 0.493 e. The van der Waals surface area contributed by atoms with Gasteiger partial charge in [-0.05, 0) is 62.1 Å². The topological polar surface area (TPSA) is 67.9 Å². The minimum atomic E-state index is -0.495. The van der Waals surface area contributed by atoms with Gasteiger partial charge in [-0.1, -0.05) is 11.6 Å². The number of nitrogens with one attached hydrogen (secondary N) is 1. The molecule has 1 N–H and O–H groups in total. The van der Waals surface area contributed by atoms with Crippen molar-refractivity contribution in [2.45, 2.75) is 32.2 Å². The molecule has 1 atom stereocenters. The van der Waals surface area contributed by atoms with Crippen molar-refractivity contribution in [2.75, 3.05) is 26.1 Å². The Labute approximate surface area is 175 Å². The fraction of sp³-hybridized carbons (Fsp3) is 0.364. The van der Waals surface area contributed by atoms with Crippen molar-refractivity contribution in [3.8, 4) is 11.5 Å². The molecule has 0 spiro atoms. The molecule has 1 aliphatic heterocycles. The third kappa shape index (κ3) is 4.65. The first-order chi connectivity index (χ1) is 13.9. The van der Waals surface area contributed by atoms with Gasteiger partial charge in [-0.3, -0.25) is 14.5 Å². The van der Waals surface area contributed by atoms with Crippen LogP contribution in [0.4, 0.5) is 5.69 Å². The van der Waals surface area contributed by atoms with Crippen LogP contribution in [0.15, 0.2) is 36.4 Å².